The number of halogens is 1. The minimum atomic E-state index is 0.387. The summed E-state index contributed by atoms with van der Waals surface area (Å²) in [4.78, 5) is 4.98. The van der Waals surface area contributed by atoms with Gasteiger partial charge in [-0.05, 0) is 45.4 Å². The minimum Gasteiger partial charge on any atom is -0.306 e. The Morgan fingerprint density at radius 1 is 1.33 bits per heavy atom. The third-order valence-electron chi connectivity index (χ3n) is 3.35. The second kappa shape index (κ2) is 5.65. The summed E-state index contributed by atoms with van der Waals surface area (Å²) in [6.45, 7) is 8.35. The van der Waals surface area contributed by atoms with Gasteiger partial charge in [0.1, 0.15) is 0 Å². The number of hydrogen-bond acceptors (Lipinski definition) is 2. The minimum absolute atomic E-state index is 0.387. The number of piperidine rings is 1. The van der Waals surface area contributed by atoms with Crippen molar-refractivity contribution < 1.29 is 0 Å². The van der Waals surface area contributed by atoms with E-state index in [1.165, 1.54) is 32.5 Å². The molecule has 0 N–H and O–H groups in total. The van der Waals surface area contributed by atoms with Crippen molar-refractivity contribution in [2.75, 3.05) is 39.1 Å². The Morgan fingerprint density at radius 2 is 1.87 bits per heavy atom. The Hall–Kier alpha value is 0.400. The Balaban J connectivity index is 2.37. The lowest BCUT2D eigenvalue weighted by molar-refractivity contribution is 0.114. The molecule has 0 aromatic rings. The Morgan fingerprint density at radius 3 is 2.33 bits per heavy atom. The molecule has 1 heterocycles. The Bertz CT molecular complexity index is 186. The molecule has 1 aliphatic rings. The summed E-state index contributed by atoms with van der Waals surface area (Å²) in [5.74, 6) is 0. The van der Waals surface area contributed by atoms with Gasteiger partial charge < -0.3 is 9.80 Å². The maximum atomic E-state index is 3.60. The third-order valence-corrected chi connectivity index (χ3v) is 4.87. The van der Waals surface area contributed by atoms with Gasteiger partial charge in [0.25, 0.3) is 0 Å². The van der Waals surface area contributed by atoms with Crippen LogP contribution in [0.5, 0.6) is 0 Å². The highest BCUT2D eigenvalue weighted by atomic mass is 79.9. The molecule has 0 amide bonds. The summed E-state index contributed by atoms with van der Waals surface area (Å²) in [5, 5.41) is 1.08. The lowest BCUT2D eigenvalue weighted by Gasteiger charge is -2.38. The lowest BCUT2D eigenvalue weighted by Crippen LogP contribution is -2.45. The summed E-state index contributed by atoms with van der Waals surface area (Å²) in [6.07, 6.45) is 2.65. The summed E-state index contributed by atoms with van der Waals surface area (Å²) in [6, 6.07) is 0.791. The van der Waals surface area contributed by atoms with Crippen LogP contribution in [0, 0.1) is 5.41 Å². The zero-order valence-corrected chi connectivity index (χ0v) is 12.2. The van der Waals surface area contributed by atoms with Crippen molar-refractivity contribution in [1.82, 2.24) is 9.80 Å². The number of rotatable bonds is 4. The largest absolute Gasteiger partial charge is 0.306 e. The molecule has 0 spiro atoms. The standard InChI is InChI=1S/C12H25BrN2/c1-12(2,9-13)10-15(4)11-5-7-14(3)8-6-11/h11H,5-10H2,1-4H3. The van der Waals surface area contributed by atoms with Gasteiger partial charge in [-0.25, -0.2) is 0 Å². The van der Waals surface area contributed by atoms with Crippen LogP contribution in [0.1, 0.15) is 26.7 Å². The number of alkyl halides is 1. The van der Waals surface area contributed by atoms with Crippen molar-refractivity contribution in [1.29, 1.82) is 0 Å². The lowest BCUT2D eigenvalue weighted by atomic mass is 9.94. The quantitative estimate of drug-likeness (QED) is 0.728. The molecule has 0 saturated carbocycles. The molecule has 0 bridgehead atoms. The van der Waals surface area contributed by atoms with Crippen LogP contribution in [-0.4, -0.2) is 54.9 Å². The summed E-state index contributed by atoms with van der Waals surface area (Å²) >= 11 is 3.60. The van der Waals surface area contributed by atoms with Gasteiger partial charge >= 0.3 is 0 Å². The molecule has 90 valence electrons. The van der Waals surface area contributed by atoms with E-state index in [2.05, 4.69) is 53.7 Å². The maximum Gasteiger partial charge on any atom is 0.0117 e. The highest BCUT2D eigenvalue weighted by molar-refractivity contribution is 9.09. The van der Waals surface area contributed by atoms with E-state index in [0.29, 0.717) is 5.41 Å². The second-order valence-corrected chi connectivity index (χ2v) is 6.31. The highest BCUT2D eigenvalue weighted by Gasteiger charge is 2.25. The first-order valence-corrected chi connectivity index (χ1v) is 7.01. The zero-order valence-electron chi connectivity index (χ0n) is 10.6. The van der Waals surface area contributed by atoms with Crippen molar-refractivity contribution in [3.63, 3.8) is 0 Å². The maximum absolute atomic E-state index is 3.60. The van der Waals surface area contributed by atoms with Crippen molar-refractivity contribution in [2.45, 2.75) is 32.7 Å². The van der Waals surface area contributed by atoms with Crippen LogP contribution in [0.4, 0.5) is 0 Å². The van der Waals surface area contributed by atoms with Crippen LogP contribution in [-0.2, 0) is 0 Å². The Labute approximate surface area is 103 Å². The average Bonchev–Trinajstić information content (AvgIpc) is 2.18. The van der Waals surface area contributed by atoms with E-state index in [1.807, 2.05) is 0 Å². The van der Waals surface area contributed by atoms with Gasteiger partial charge in [0, 0.05) is 17.9 Å². The van der Waals surface area contributed by atoms with Crippen molar-refractivity contribution in [3.05, 3.63) is 0 Å². The summed E-state index contributed by atoms with van der Waals surface area (Å²) in [5.41, 5.74) is 0.387. The van der Waals surface area contributed by atoms with Crippen molar-refractivity contribution in [2.24, 2.45) is 5.41 Å². The molecule has 1 fully saturated rings. The SMILES string of the molecule is CN1CCC(N(C)CC(C)(C)CBr)CC1. The smallest absolute Gasteiger partial charge is 0.0117 e. The molecular formula is C12H25BrN2. The number of likely N-dealkylation sites (tertiary alicyclic amines) is 1. The van der Waals surface area contributed by atoms with Crippen molar-refractivity contribution >= 4 is 15.9 Å². The van der Waals surface area contributed by atoms with Crippen molar-refractivity contribution in [3.8, 4) is 0 Å². The topological polar surface area (TPSA) is 6.48 Å². The van der Waals surface area contributed by atoms with Crippen LogP contribution in [0.25, 0.3) is 0 Å². The highest BCUT2D eigenvalue weighted by Crippen LogP contribution is 2.23. The average molecular weight is 277 g/mol. The van der Waals surface area contributed by atoms with Crippen LogP contribution in [0.3, 0.4) is 0 Å². The van der Waals surface area contributed by atoms with Crippen LogP contribution in [0.2, 0.25) is 0 Å². The molecule has 0 radical (unpaired) electrons. The van der Waals surface area contributed by atoms with E-state index >= 15 is 0 Å². The molecule has 0 aromatic carbocycles. The van der Waals surface area contributed by atoms with Crippen LogP contribution >= 0.6 is 15.9 Å². The summed E-state index contributed by atoms with van der Waals surface area (Å²) in [7, 11) is 4.50. The van der Waals surface area contributed by atoms with Gasteiger partial charge in [-0.1, -0.05) is 29.8 Å². The molecule has 1 saturated heterocycles. The van der Waals surface area contributed by atoms with Crippen LogP contribution < -0.4 is 0 Å². The molecule has 0 aliphatic carbocycles. The Kier molecular flexibility index (Phi) is 5.07. The fraction of sp³-hybridized carbons (Fsp3) is 1.00. The first-order chi connectivity index (χ1) is 6.94. The van der Waals surface area contributed by atoms with E-state index in [0.717, 1.165) is 11.4 Å². The van der Waals surface area contributed by atoms with Gasteiger partial charge in [-0.3, -0.25) is 0 Å². The predicted molar refractivity (Wildman–Crippen MR) is 70.7 cm³/mol. The number of nitrogens with zero attached hydrogens (tertiary/aromatic N) is 2. The van der Waals surface area contributed by atoms with E-state index < -0.39 is 0 Å². The first kappa shape index (κ1) is 13.5. The summed E-state index contributed by atoms with van der Waals surface area (Å²) < 4.78 is 0. The zero-order chi connectivity index (χ0) is 11.5. The molecule has 0 atom stereocenters. The van der Waals surface area contributed by atoms with E-state index in [1.54, 1.807) is 0 Å². The van der Waals surface area contributed by atoms with Gasteiger partial charge in [0.05, 0.1) is 0 Å². The third kappa shape index (κ3) is 4.41. The normalized spacial score (nSPS) is 21.2. The fourth-order valence-corrected chi connectivity index (χ4v) is 2.46. The van der Waals surface area contributed by atoms with Crippen LogP contribution in [0.15, 0.2) is 0 Å². The monoisotopic (exact) mass is 276 g/mol. The van der Waals surface area contributed by atoms with E-state index in [9.17, 15) is 0 Å². The molecule has 1 rings (SSSR count). The van der Waals surface area contributed by atoms with E-state index in [4.69, 9.17) is 0 Å². The van der Waals surface area contributed by atoms with Gasteiger partial charge in [-0.2, -0.15) is 0 Å². The molecule has 0 unspecified atom stereocenters. The molecule has 0 aromatic heterocycles. The van der Waals surface area contributed by atoms with Gasteiger partial charge in [0.15, 0.2) is 0 Å². The first-order valence-electron chi connectivity index (χ1n) is 5.89. The molecular weight excluding hydrogens is 252 g/mol. The molecule has 1 aliphatic heterocycles. The fourth-order valence-electron chi connectivity index (χ4n) is 2.28. The predicted octanol–water partition coefficient (Wildman–Crippen LogP) is 2.43. The van der Waals surface area contributed by atoms with Gasteiger partial charge in [0.2, 0.25) is 0 Å². The second-order valence-electron chi connectivity index (χ2n) is 5.75. The van der Waals surface area contributed by atoms with Gasteiger partial charge in [-0.15, -0.1) is 0 Å². The molecule has 15 heavy (non-hydrogen) atoms. The molecule has 2 nitrogen and oxygen atoms in total. The van der Waals surface area contributed by atoms with E-state index in [-0.39, 0.29) is 0 Å². The number of hydrogen-bond donors (Lipinski definition) is 0. The molecule has 3 heteroatoms.